The highest BCUT2D eigenvalue weighted by Gasteiger charge is 2.34. The van der Waals surface area contributed by atoms with Crippen LogP contribution >= 0.6 is 0 Å². The maximum atomic E-state index is 12.5. The maximum Gasteiger partial charge on any atom is 0.279 e. The minimum Gasteiger partial charge on any atom is -0.338 e. The second-order valence-electron chi connectivity index (χ2n) is 7.18. The quantitative estimate of drug-likeness (QED) is 0.592. The number of likely N-dealkylation sites (tertiary alicyclic amines) is 1. The van der Waals surface area contributed by atoms with E-state index in [2.05, 4.69) is 39.4 Å². The predicted octanol–water partition coefficient (Wildman–Crippen LogP) is 3.44. The number of para-hydroxylation sites is 1. The van der Waals surface area contributed by atoms with Crippen molar-refractivity contribution in [3.05, 3.63) is 65.5 Å². The lowest BCUT2D eigenvalue weighted by atomic mass is 10.1. The Bertz CT molecular complexity index is 1160. The van der Waals surface area contributed by atoms with Crippen LogP contribution in [-0.4, -0.2) is 37.7 Å². The molecule has 0 aliphatic carbocycles. The summed E-state index contributed by atoms with van der Waals surface area (Å²) in [6.45, 7) is 3.26. The van der Waals surface area contributed by atoms with Crippen molar-refractivity contribution in [1.29, 1.82) is 0 Å². The molecule has 1 unspecified atom stereocenters. The molecule has 1 aliphatic heterocycles. The number of amides is 1. The Balaban J connectivity index is 1.36. The van der Waals surface area contributed by atoms with E-state index >= 15 is 0 Å². The second kappa shape index (κ2) is 6.60. The third-order valence-electron chi connectivity index (χ3n) is 5.32. The average Bonchev–Trinajstić information content (AvgIpc) is 3.42. The Labute approximate surface area is 161 Å². The molecule has 3 heterocycles. The number of hydrogen-bond donors (Lipinski definition) is 1. The van der Waals surface area contributed by atoms with E-state index in [1.54, 1.807) is 0 Å². The van der Waals surface area contributed by atoms with Crippen LogP contribution in [-0.2, 0) is 11.3 Å². The van der Waals surface area contributed by atoms with E-state index in [0.29, 0.717) is 36.9 Å². The molecule has 1 fully saturated rings. The fraction of sp³-hybridized carbons (Fsp3) is 0.238. The number of nitrogens with zero attached hydrogens (tertiary/aromatic N) is 4. The average molecular weight is 373 g/mol. The minimum absolute atomic E-state index is 0.0702. The van der Waals surface area contributed by atoms with Crippen LogP contribution in [0.25, 0.3) is 22.5 Å². The van der Waals surface area contributed by atoms with Crippen molar-refractivity contribution in [2.75, 3.05) is 6.54 Å². The number of carbonyl (C=O) groups excluding carboxylic acids is 1. The molecule has 1 N–H and O–H groups in total. The number of aryl methyl sites for hydroxylation is 1. The number of H-pyrrole nitrogens is 1. The lowest BCUT2D eigenvalue weighted by Crippen LogP contribution is -2.24. The molecule has 28 heavy (non-hydrogen) atoms. The van der Waals surface area contributed by atoms with Gasteiger partial charge in [0.2, 0.25) is 5.91 Å². The minimum atomic E-state index is -0.0702. The van der Waals surface area contributed by atoms with E-state index in [9.17, 15) is 4.79 Å². The fourth-order valence-electron chi connectivity index (χ4n) is 3.71. The Morgan fingerprint density at radius 3 is 2.89 bits per heavy atom. The zero-order valence-corrected chi connectivity index (χ0v) is 15.4. The van der Waals surface area contributed by atoms with Crippen molar-refractivity contribution >= 4 is 16.8 Å². The molecule has 2 aromatic carbocycles. The van der Waals surface area contributed by atoms with Crippen LogP contribution in [0.3, 0.4) is 0 Å². The van der Waals surface area contributed by atoms with Crippen molar-refractivity contribution in [2.24, 2.45) is 0 Å². The summed E-state index contributed by atoms with van der Waals surface area (Å²) in [5.74, 6) is 0.976. The van der Waals surface area contributed by atoms with Gasteiger partial charge in [-0.15, -0.1) is 0 Å². The molecule has 1 aliphatic rings. The Morgan fingerprint density at radius 1 is 1.18 bits per heavy atom. The van der Waals surface area contributed by atoms with Crippen molar-refractivity contribution in [3.63, 3.8) is 0 Å². The Hall–Kier alpha value is -3.48. The van der Waals surface area contributed by atoms with Crippen molar-refractivity contribution in [1.82, 2.24) is 25.2 Å². The van der Waals surface area contributed by atoms with Gasteiger partial charge in [-0.2, -0.15) is 10.1 Å². The summed E-state index contributed by atoms with van der Waals surface area (Å²) < 4.78 is 5.46. The van der Waals surface area contributed by atoms with Crippen LogP contribution in [0.15, 0.2) is 53.1 Å². The van der Waals surface area contributed by atoms with Crippen LogP contribution in [0.5, 0.6) is 0 Å². The van der Waals surface area contributed by atoms with Gasteiger partial charge in [-0.05, 0) is 24.1 Å². The molecular weight excluding hydrogens is 354 g/mol. The van der Waals surface area contributed by atoms with Gasteiger partial charge in [-0.3, -0.25) is 9.89 Å². The molecule has 1 saturated heterocycles. The summed E-state index contributed by atoms with van der Waals surface area (Å²) in [6.07, 6.45) is 0.395. The second-order valence-corrected chi connectivity index (χ2v) is 7.18. The SMILES string of the molecule is Cc1ccccc1CN1CC(c2noc(-c3n[nH]c4ccccc34)n2)CC1=O. The summed E-state index contributed by atoms with van der Waals surface area (Å²) >= 11 is 0. The molecule has 140 valence electrons. The van der Waals surface area contributed by atoms with Gasteiger partial charge >= 0.3 is 0 Å². The van der Waals surface area contributed by atoms with Crippen LogP contribution < -0.4 is 0 Å². The van der Waals surface area contributed by atoms with Gasteiger partial charge in [0.1, 0.15) is 0 Å². The lowest BCUT2D eigenvalue weighted by Gasteiger charge is -2.17. The summed E-state index contributed by atoms with van der Waals surface area (Å²) in [4.78, 5) is 18.9. The highest BCUT2D eigenvalue weighted by molar-refractivity contribution is 5.90. The van der Waals surface area contributed by atoms with E-state index in [4.69, 9.17) is 4.52 Å². The van der Waals surface area contributed by atoms with Crippen molar-refractivity contribution < 1.29 is 9.32 Å². The monoisotopic (exact) mass is 373 g/mol. The van der Waals surface area contributed by atoms with Gasteiger partial charge in [0.25, 0.3) is 5.89 Å². The molecule has 1 atom stereocenters. The zero-order chi connectivity index (χ0) is 19.1. The van der Waals surface area contributed by atoms with E-state index in [1.807, 2.05) is 41.3 Å². The first-order chi connectivity index (χ1) is 13.7. The van der Waals surface area contributed by atoms with Gasteiger partial charge in [0.15, 0.2) is 11.5 Å². The first kappa shape index (κ1) is 16.7. The highest BCUT2D eigenvalue weighted by Crippen LogP contribution is 2.30. The van der Waals surface area contributed by atoms with Gasteiger partial charge in [-0.1, -0.05) is 47.6 Å². The Morgan fingerprint density at radius 2 is 2.00 bits per heavy atom. The first-order valence-corrected chi connectivity index (χ1v) is 9.28. The van der Waals surface area contributed by atoms with E-state index in [1.165, 1.54) is 5.56 Å². The maximum absolute atomic E-state index is 12.5. The third kappa shape index (κ3) is 2.85. The van der Waals surface area contributed by atoms with E-state index in [-0.39, 0.29) is 11.8 Å². The number of hydrogen-bond acceptors (Lipinski definition) is 5. The highest BCUT2D eigenvalue weighted by atomic mass is 16.5. The number of benzene rings is 2. The molecule has 0 bridgehead atoms. The summed E-state index contributed by atoms with van der Waals surface area (Å²) in [6, 6.07) is 15.9. The molecule has 1 amide bonds. The topological polar surface area (TPSA) is 87.9 Å². The zero-order valence-electron chi connectivity index (χ0n) is 15.4. The van der Waals surface area contributed by atoms with E-state index < -0.39 is 0 Å². The number of carbonyl (C=O) groups is 1. The molecule has 7 heteroatoms. The van der Waals surface area contributed by atoms with Crippen molar-refractivity contribution in [3.8, 4) is 11.6 Å². The molecule has 2 aromatic heterocycles. The molecule has 5 rings (SSSR count). The summed E-state index contributed by atoms with van der Waals surface area (Å²) in [7, 11) is 0. The fourth-order valence-corrected chi connectivity index (χ4v) is 3.71. The van der Waals surface area contributed by atoms with Gasteiger partial charge < -0.3 is 9.42 Å². The van der Waals surface area contributed by atoms with Crippen LogP contribution in [0.2, 0.25) is 0 Å². The molecule has 7 nitrogen and oxygen atoms in total. The predicted molar refractivity (Wildman–Crippen MR) is 103 cm³/mol. The summed E-state index contributed by atoms with van der Waals surface area (Å²) in [5.41, 5.74) is 3.90. The van der Waals surface area contributed by atoms with Gasteiger partial charge in [0.05, 0.1) is 5.52 Å². The molecule has 4 aromatic rings. The lowest BCUT2D eigenvalue weighted by molar-refractivity contribution is -0.128. The smallest absolute Gasteiger partial charge is 0.279 e. The van der Waals surface area contributed by atoms with Crippen LogP contribution in [0, 0.1) is 6.92 Å². The van der Waals surface area contributed by atoms with Gasteiger partial charge in [-0.25, -0.2) is 0 Å². The van der Waals surface area contributed by atoms with Crippen LogP contribution in [0.4, 0.5) is 0 Å². The third-order valence-corrected chi connectivity index (χ3v) is 5.32. The van der Waals surface area contributed by atoms with Crippen molar-refractivity contribution in [2.45, 2.75) is 25.8 Å². The number of aromatic nitrogens is 4. The number of fused-ring (bicyclic) bond motifs is 1. The van der Waals surface area contributed by atoms with Crippen LogP contribution in [0.1, 0.15) is 29.3 Å². The number of aromatic amines is 1. The number of nitrogens with one attached hydrogen (secondary N) is 1. The molecule has 0 spiro atoms. The standard InChI is InChI=1S/C21H19N5O2/c1-13-6-2-3-7-14(13)11-26-12-15(10-18(26)27)20-22-21(28-25-20)19-16-8-4-5-9-17(16)23-24-19/h2-9,15H,10-12H2,1H3,(H,23,24). The normalized spacial score (nSPS) is 17.0. The van der Waals surface area contributed by atoms with Gasteiger partial charge in [0, 0.05) is 30.8 Å². The molecular formula is C21H19N5O2. The molecule has 0 radical (unpaired) electrons. The van der Waals surface area contributed by atoms with E-state index in [0.717, 1.165) is 16.5 Å². The Kier molecular flexibility index (Phi) is 3.93. The number of rotatable bonds is 4. The molecule has 0 saturated carbocycles. The summed E-state index contributed by atoms with van der Waals surface area (Å²) in [5, 5.41) is 12.3. The first-order valence-electron chi connectivity index (χ1n) is 9.28. The largest absolute Gasteiger partial charge is 0.338 e.